The number of benzene rings is 1. The lowest BCUT2D eigenvalue weighted by atomic mass is 10.2. The lowest BCUT2D eigenvalue weighted by Gasteiger charge is -2.04. The number of halogens is 1. The molecule has 0 saturated heterocycles. The molecule has 0 aliphatic carbocycles. The minimum absolute atomic E-state index is 0.246. The number of nitrogens with two attached hydrogens (primary N) is 1. The van der Waals surface area contributed by atoms with E-state index in [0.29, 0.717) is 16.3 Å². The zero-order valence-corrected chi connectivity index (χ0v) is 9.10. The van der Waals surface area contributed by atoms with Crippen LogP contribution in [0.15, 0.2) is 18.2 Å². The van der Waals surface area contributed by atoms with E-state index in [4.69, 9.17) is 21.5 Å². The number of primary sulfonamides is 1. The van der Waals surface area contributed by atoms with Gasteiger partial charge in [0.1, 0.15) is 5.75 Å². The van der Waals surface area contributed by atoms with E-state index in [-0.39, 0.29) is 5.75 Å². The van der Waals surface area contributed by atoms with Gasteiger partial charge < -0.3 is 4.74 Å². The first kappa shape index (κ1) is 11.3. The van der Waals surface area contributed by atoms with Gasteiger partial charge in [-0.3, -0.25) is 0 Å². The molecule has 2 N–H and O–H groups in total. The molecule has 1 rings (SSSR count). The summed E-state index contributed by atoms with van der Waals surface area (Å²) < 4.78 is 26.5. The van der Waals surface area contributed by atoms with Crippen LogP contribution in [0, 0.1) is 0 Å². The molecule has 1 aromatic rings. The molecule has 0 atom stereocenters. The molecule has 14 heavy (non-hydrogen) atoms. The van der Waals surface area contributed by atoms with E-state index in [1.807, 2.05) is 0 Å². The average molecular weight is 236 g/mol. The van der Waals surface area contributed by atoms with Crippen molar-refractivity contribution in [1.82, 2.24) is 0 Å². The molecule has 0 aliphatic rings. The summed E-state index contributed by atoms with van der Waals surface area (Å²) in [5.41, 5.74) is 0.511. The van der Waals surface area contributed by atoms with Crippen molar-refractivity contribution in [3.05, 3.63) is 28.8 Å². The number of hydrogen-bond donors (Lipinski definition) is 1. The van der Waals surface area contributed by atoms with Crippen LogP contribution in [0.4, 0.5) is 0 Å². The second kappa shape index (κ2) is 4.16. The Morgan fingerprint density at radius 2 is 2.07 bits per heavy atom. The Morgan fingerprint density at radius 1 is 1.43 bits per heavy atom. The molecule has 0 saturated carbocycles. The van der Waals surface area contributed by atoms with Crippen LogP contribution in [0.5, 0.6) is 5.75 Å². The van der Waals surface area contributed by atoms with Crippen molar-refractivity contribution < 1.29 is 13.2 Å². The van der Waals surface area contributed by atoms with Gasteiger partial charge in [0.2, 0.25) is 10.0 Å². The van der Waals surface area contributed by atoms with E-state index in [2.05, 4.69) is 0 Å². The summed E-state index contributed by atoms with van der Waals surface area (Å²) in [4.78, 5) is 0. The lowest BCUT2D eigenvalue weighted by Crippen LogP contribution is -2.14. The van der Waals surface area contributed by atoms with E-state index < -0.39 is 10.0 Å². The standard InChI is InChI=1S/C8H10ClNO3S/c1-13-8-3-6(2-7(9)4-8)5-14(10,11)12/h2-4H,5H2,1H3,(H2,10,11,12). The van der Waals surface area contributed by atoms with Crippen LogP contribution in [-0.4, -0.2) is 15.5 Å². The highest BCUT2D eigenvalue weighted by atomic mass is 35.5. The van der Waals surface area contributed by atoms with Gasteiger partial charge in [0.25, 0.3) is 0 Å². The van der Waals surface area contributed by atoms with Crippen molar-refractivity contribution in [1.29, 1.82) is 0 Å². The Balaban J connectivity index is 3.04. The first-order valence-electron chi connectivity index (χ1n) is 3.74. The monoisotopic (exact) mass is 235 g/mol. The molecule has 4 nitrogen and oxygen atoms in total. The molecule has 78 valence electrons. The molecule has 0 aromatic heterocycles. The quantitative estimate of drug-likeness (QED) is 0.854. The van der Waals surface area contributed by atoms with Crippen molar-refractivity contribution in [2.45, 2.75) is 5.75 Å². The lowest BCUT2D eigenvalue weighted by molar-refractivity contribution is 0.414. The zero-order valence-electron chi connectivity index (χ0n) is 7.53. The van der Waals surface area contributed by atoms with Crippen molar-refractivity contribution in [2.24, 2.45) is 5.14 Å². The number of rotatable bonds is 3. The molecule has 0 bridgehead atoms. The van der Waals surface area contributed by atoms with Gasteiger partial charge in [-0.25, -0.2) is 13.6 Å². The molecule has 0 fully saturated rings. The molecule has 0 aliphatic heterocycles. The molecule has 0 spiro atoms. The largest absolute Gasteiger partial charge is 0.497 e. The topological polar surface area (TPSA) is 69.4 Å². The summed E-state index contributed by atoms with van der Waals surface area (Å²) in [5, 5.41) is 5.32. The Morgan fingerprint density at radius 3 is 2.57 bits per heavy atom. The van der Waals surface area contributed by atoms with Crippen LogP contribution in [0.2, 0.25) is 5.02 Å². The third-order valence-electron chi connectivity index (χ3n) is 1.53. The average Bonchev–Trinajstić information content (AvgIpc) is 1.99. The third kappa shape index (κ3) is 3.53. The Kier molecular flexibility index (Phi) is 3.36. The molecule has 0 amide bonds. The first-order chi connectivity index (χ1) is 6.40. The molecule has 0 unspecified atom stereocenters. The minimum atomic E-state index is -3.53. The van der Waals surface area contributed by atoms with Gasteiger partial charge in [-0.15, -0.1) is 0 Å². The van der Waals surface area contributed by atoms with Gasteiger partial charge in [0.15, 0.2) is 0 Å². The van der Waals surface area contributed by atoms with Crippen LogP contribution in [0.1, 0.15) is 5.56 Å². The number of hydrogen-bond acceptors (Lipinski definition) is 3. The van der Waals surface area contributed by atoms with Crippen molar-refractivity contribution in [3.63, 3.8) is 0 Å². The molecular formula is C8H10ClNO3S. The highest BCUT2D eigenvalue weighted by molar-refractivity contribution is 7.88. The first-order valence-corrected chi connectivity index (χ1v) is 5.84. The normalized spacial score (nSPS) is 11.4. The van der Waals surface area contributed by atoms with Gasteiger partial charge in [-0.1, -0.05) is 11.6 Å². The smallest absolute Gasteiger partial charge is 0.213 e. The van der Waals surface area contributed by atoms with Crippen LogP contribution >= 0.6 is 11.6 Å². The maximum absolute atomic E-state index is 10.8. The maximum Gasteiger partial charge on any atom is 0.213 e. The summed E-state index contributed by atoms with van der Waals surface area (Å²) in [6, 6.07) is 4.71. The molecule has 6 heteroatoms. The van der Waals surface area contributed by atoms with Gasteiger partial charge in [0, 0.05) is 5.02 Å². The molecule has 0 radical (unpaired) electrons. The molecular weight excluding hydrogens is 226 g/mol. The second-order valence-corrected chi connectivity index (χ2v) is 4.86. The predicted octanol–water partition coefficient (Wildman–Crippen LogP) is 1.14. The zero-order chi connectivity index (χ0) is 10.8. The van der Waals surface area contributed by atoms with Crippen molar-refractivity contribution >= 4 is 21.6 Å². The molecule has 0 heterocycles. The summed E-state index contributed by atoms with van der Waals surface area (Å²) in [5.74, 6) is 0.264. The summed E-state index contributed by atoms with van der Waals surface area (Å²) in [6.45, 7) is 0. The van der Waals surface area contributed by atoms with Gasteiger partial charge in [-0.2, -0.15) is 0 Å². The van der Waals surface area contributed by atoms with E-state index in [9.17, 15) is 8.42 Å². The van der Waals surface area contributed by atoms with Crippen LogP contribution < -0.4 is 9.88 Å². The summed E-state index contributed by atoms with van der Waals surface area (Å²) in [6.07, 6.45) is 0. The fourth-order valence-electron chi connectivity index (χ4n) is 1.05. The highest BCUT2D eigenvalue weighted by Crippen LogP contribution is 2.21. The Bertz CT molecular complexity index is 430. The predicted molar refractivity (Wildman–Crippen MR) is 54.8 cm³/mol. The fourth-order valence-corrected chi connectivity index (χ4v) is 1.93. The minimum Gasteiger partial charge on any atom is -0.497 e. The van der Waals surface area contributed by atoms with Gasteiger partial charge in [0.05, 0.1) is 12.9 Å². The van der Waals surface area contributed by atoms with Gasteiger partial charge in [-0.05, 0) is 23.8 Å². The fraction of sp³-hybridized carbons (Fsp3) is 0.250. The number of ether oxygens (including phenoxy) is 1. The second-order valence-electron chi connectivity index (χ2n) is 2.81. The van der Waals surface area contributed by atoms with Crippen molar-refractivity contribution in [3.8, 4) is 5.75 Å². The van der Waals surface area contributed by atoms with Gasteiger partial charge >= 0.3 is 0 Å². The van der Waals surface area contributed by atoms with E-state index >= 15 is 0 Å². The highest BCUT2D eigenvalue weighted by Gasteiger charge is 2.07. The summed E-state index contributed by atoms with van der Waals surface area (Å²) in [7, 11) is -2.05. The van der Waals surface area contributed by atoms with Crippen molar-refractivity contribution in [2.75, 3.05) is 7.11 Å². The number of sulfonamides is 1. The van der Waals surface area contributed by atoms with E-state index in [1.54, 1.807) is 12.1 Å². The molecule has 1 aromatic carbocycles. The summed E-state index contributed by atoms with van der Waals surface area (Å²) >= 11 is 5.74. The van der Waals surface area contributed by atoms with Crippen LogP contribution in [0.25, 0.3) is 0 Å². The van der Waals surface area contributed by atoms with Crippen LogP contribution in [0.3, 0.4) is 0 Å². The Labute approximate surface area is 87.7 Å². The number of methoxy groups -OCH3 is 1. The van der Waals surface area contributed by atoms with E-state index in [1.165, 1.54) is 13.2 Å². The SMILES string of the molecule is COc1cc(Cl)cc(CS(N)(=O)=O)c1. The van der Waals surface area contributed by atoms with E-state index in [0.717, 1.165) is 0 Å². The Hall–Kier alpha value is -0.780. The maximum atomic E-state index is 10.8. The van der Waals surface area contributed by atoms with Crippen LogP contribution in [-0.2, 0) is 15.8 Å². The third-order valence-corrected chi connectivity index (χ3v) is 2.49.